The van der Waals surface area contributed by atoms with Crippen molar-refractivity contribution < 1.29 is 4.74 Å². The second-order valence-electron chi connectivity index (χ2n) is 4.09. The van der Waals surface area contributed by atoms with Crippen LogP contribution < -0.4 is 10.2 Å². The lowest BCUT2D eigenvalue weighted by Gasteiger charge is -2.34. The zero-order chi connectivity index (χ0) is 12.3. The summed E-state index contributed by atoms with van der Waals surface area (Å²) in [6, 6.07) is 5.74. The lowest BCUT2D eigenvalue weighted by molar-refractivity contribution is 0.0422. The van der Waals surface area contributed by atoms with Gasteiger partial charge in [0.05, 0.1) is 22.8 Å². The molecule has 2 rings (SSSR count). The van der Waals surface area contributed by atoms with Crippen LogP contribution in [0.4, 0.5) is 5.69 Å². The minimum absolute atomic E-state index is 0.225. The molecule has 1 N–H and O–H groups in total. The zero-order valence-electron chi connectivity index (χ0n) is 9.75. The maximum Gasteiger partial charge on any atom is 0.0874 e. The molecule has 0 radical (unpaired) electrons. The van der Waals surface area contributed by atoms with Crippen molar-refractivity contribution in [3.05, 3.63) is 28.2 Å². The summed E-state index contributed by atoms with van der Waals surface area (Å²) >= 11 is 11.9. The predicted molar refractivity (Wildman–Crippen MR) is 72.3 cm³/mol. The highest BCUT2D eigenvalue weighted by molar-refractivity contribution is 6.42. The van der Waals surface area contributed by atoms with E-state index in [1.165, 1.54) is 0 Å². The Balaban J connectivity index is 2.08. The molecule has 1 aliphatic rings. The Hall–Kier alpha value is -0.480. The van der Waals surface area contributed by atoms with Crippen LogP contribution in [-0.2, 0) is 4.74 Å². The smallest absolute Gasteiger partial charge is 0.0874 e. The topological polar surface area (TPSA) is 24.5 Å². The fourth-order valence-corrected chi connectivity index (χ4v) is 2.28. The number of anilines is 1. The molecule has 1 heterocycles. The van der Waals surface area contributed by atoms with E-state index in [1.807, 2.05) is 25.2 Å². The van der Waals surface area contributed by atoms with Gasteiger partial charge in [-0.25, -0.2) is 0 Å². The average Bonchev–Trinajstić information content (AvgIpc) is 2.33. The van der Waals surface area contributed by atoms with E-state index >= 15 is 0 Å². The normalized spacial score (nSPS) is 20.6. The van der Waals surface area contributed by atoms with Crippen molar-refractivity contribution in [2.75, 3.05) is 38.2 Å². The molecular formula is C12H16Cl2N2O. The largest absolute Gasteiger partial charge is 0.373 e. The molecular weight excluding hydrogens is 259 g/mol. The van der Waals surface area contributed by atoms with E-state index in [9.17, 15) is 0 Å². The molecule has 94 valence electrons. The van der Waals surface area contributed by atoms with Crippen molar-refractivity contribution in [3.8, 4) is 0 Å². The summed E-state index contributed by atoms with van der Waals surface area (Å²) < 4.78 is 5.66. The van der Waals surface area contributed by atoms with E-state index in [1.54, 1.807) is 0 Å². The van der Waals surface area contributed by atoms with E-state index < -0.39 is 0 Å². The van der Waals surface area contributed by atoms with Gasteiger partial charge in [0.25, 0.3) is 0 Å². The van der Waals surface area contributed by atoms with E-state index in [-0.39, 0.29) is 6.10 Å². The summed E-state index contributed by atoms with van der Waals surface area (Å²) in [5.41, 5.74) is 1.10. The van der Waals surface area contributed by atoms with Crippen LogP contribution in [0.3, 0.4) is 0 Å². The number of ether oxygens (including phenoxy) is 1. The quantitative estimate of drug-likeness (QED) is 0.916. The van der Waals surface area contributed by atoms with Gasteiger partial charge in [-0.3, -0.25) is 0 Å². The summed E-state index contributed by atoms with van der Waals surface area (Å²) in [6.07, 6.45) is 0.225. The summed E-state index contributed by atoms with van der Waals surface area (Å²) in [5.74, 6) is 0. The number of hydrogen-bond acceptors (Lipinski definition) is 3. The van der Waals surface area contributed by atoms with Crippen molar-refractivity contribution in [1.82, 2.24) is 5.32 Å². The maximum atomic E-state index is 6.03. The van der Waals surface area contributed by atoms with Crippen LogP contribution in [0, 0.1) is 0 Å². The van der Waals surface area contributed by atoms with Crippen LogP contribution in [0.25, 0.3) is 0 Å². The molecule has 1 saturated heterocycles. The van der Waals surface area contributed by atoms with E-state index in [0.29, 0.717) is 10.0 Å². The average molecular weight is 275 g/mol. The molecule has 1 aromatic rings. The minimum Gasteiger partial charge on any atom is -0.373 e. The highest BCUT2D eigenvalue weighted by atomic mass is 35.5. The highest BCUT2D eigenvalue weighted by Gasteiger charge is 2.20. The Morgan fingerprint density at radius 3 is 2.94 bits per heavy atom. The van der Waals surface area contributed by atoms with Gasteiger partial charge in [0.15, 0.2) is 0 Å². The molecule has 0 saturated carbocycles. The van der Waals surface area contributed by atoms with Crippen LogP contribution in [0.2, 0.25) is 10.0 Å². The van der Waals surface area contributed by atoms with Crippen LogP contribution in [0.5, 0.6) is 0 Å². The molecule has 1 aromatic carbocycles. The summed E-state index contributed by atoms with van der Waals surface area (Å²) in [4.78, 5) is 2.27. The first-order valence-corrected chi connectivity index (χ1v) is 6.42. The van der Waals surface area contributed by atoms with E-state index in [0.717, 1.165) is 31.9 Å². The van der Waals surface area contributed by atoms with Gasteiger partial charge in [-0.1, -0.05) is 23.2 Å². The molecule has 1 atom stereocenters. The number of nitrogens with one attached hydrogen (secondary N) is 1. The first-order chi connectivity index (χ1) is 8.20. The zero-order valence-corrected chi connectivity index (χ0v) is 11.3. The standard InChI is InChI=1S/C12H16Cl2N2O/c1-15-7-10-8-16(4-5-17-10)9-2-3-11(13)12(14)6-9/h2-3,6,10,15H,4-5,7-8H2,1H3. The first-order valence-electron chi connectivity index (χ1n) is 5.67. The SMILES string of the molecule is CNCC1CN(c2ccc(Cl)c(Cl)c2)CCO1. The lowest BCUT2D eigenvalue weighted by atomic mass is 10.2. The number of hydrogen-bond donors (Lipinski definition) is 1. The van der Waals surface area contributed by atoms with Crippen LogP contribution in [0.15, 0.2) is 18.2 Å². The van der Waals surface area contributed by atoms with Gasteiger partial charge in [-0.2, -0.15) is 0 Å². The van der Waals surface area contributed by atoms with Crippen molar-refractivity contribution in [3.63, 3.8) is 0 Å². The number of rotatable bonds is 3. The van der Waals surface area contributed by atoms with Crippen LogP contribution in [0.1, 0.15) is 0 Å². The fraction of sp³-hybridized carbons (Fsp3) is 0.500. The first kappa shape index (κ1) is 13.0. The summed E-state index contributed by atoms with van der Waals surface area (Å²) in [7, 11) is 1.93. The predicted octanol–water partition coefficient (Wildman–Crippen LogP) is 2.42. The van der Waals surface area contributed by atoms with E-state index in [2.05, 4.69) is 10.2 Å². The number of likely N-dealkylation sites (N-methyl/N-ethyl adjacent to an activating group) is 1. The third-order valence-corrected chi connectivity index (χ3v) is 3.58. The van der Waals surface area contributed by atoms with Crippen molar-refractivity contribution in [1.29, 1.82) is 0 Å². The van der Waals surface area contributed by atoms with Crippen molar-refractivity contribution in [2.24, 2.45) is 0 Å². The number of nitrogens with zero attached hydrogens (tertiary/aromatic N) is 1. The minimum atomic E-state index is 0.225. The Morgan fingerprint density at radius 2 is 2.24 bits per heavy atom. The molecule has 1 fully saturated rings. The molecule has 3 nitrogen and oxygen atoms in total. The van der Waals surface area contributed by atoms with Crippen molar-refractivity contribution in [2.45, 2.75) is 6.10 Å². The van der Waals surface area contributed by atoms with Gasteiger partial charge in [-0.15, -0.1) is 0 Å². The van der Waals surface area contributed by atoms with Crippen LogP contribution >= 0.6 is 23.2 Å². The monoisotopic (exact) mass is 274 g/mol. The van der Waals surface area contributed by atoms with Gasteiger partial charge >= 0.3 is 0 Å². The molecule has 1 aliphatic heterocycles. The maximum absolute atomic E-state index is 6.03. The molecule has 0 amide bonds. The molecule has 0 bridgehead atoms. The lowest BCUT2D eigenvalue weighted by Crippen LogP contribution is -2.46. The molecule has 0 aliphatic carbocycles. The van der Waals surface area contributed by atoms with Gasteiger partial charge in [0.1, 0.15) is 0 Å². The van der Waals surface area contributed by atoms with Crippen molar-refractivity contribution >= 4 is 28.9 Å². The summed E-state index contributed by atoms with van der Waals surface area (Å²) in [6.45, 7) is 3.36. The molecule has 17 heavy (non-hydrogen) atoms. The third-order valence-electron chi connectivity index (χ3n) is 2.84. The fourth-order valence-electron chi connectivity index (χ4n) is 1.99. The molecule has 0 aromatic heterocycles. The highest BCUT2D eigenvalue weighted by Crippen LogP contribution is 2.28. The number of morpholine rings is 1. The van der Waals surface area contributed by atoms with Crippen LogP contribution in [-0.4, -0.2) is 39.4 Å². The Bertz CT molecular complexity index is 385. The van der Waals surface area contributed by atoms with E-state index in [4.69, 9.17) is 27.9 Å². The van der Waals surface area contributed by atoms with Gasteiger partial charge in [-0.05, 0) is 25.2 Å². The number of halogens is 2. The Kier molecular flexibility index (Phi) is 4.51. The van der Waals surface area contributed by atoms with Gasteiger partial charge < -0.3 is 15.0 Å². The molecule has 5 heteroatoms. The Morgan fingerprint density at radius 1 is 1.41 bits per heavy atom. The molecule has 0 spiro atoms. The number of benzene rings is 1. The Labute approximate surface area is 112 Å². The summed E-state index contributed by atoms with van der Waals surface area (Å²) in [5, 5.41) is 4.32. The second kappa shape index (κ2) is 5.91. The second-order valence-corrected chi connectivity index (χ2v) is 4.91. The van der Waals surface area contributed by atoms with Gasteiger partial charge in [0, 0.05) is 25.3 Å². The van der Waals surface area contributed by atoms with Gasteiger partial charge in [0.2, 0.25) is 0 Å². The third kappa shape index (κ3) is 3.26. The molecule has 1 unspecified atom stereocenters.